The van der Waals surface area contributed by atoms with Gasteiger partial charge < -0.3 is 10.1 Å². The maximum absolute atomic E-state index is 5.22. The second-order valence-corrected chi connectivity index (χ2v) is 4.57. The summed E-state index contributed by atoms with van der Waals surface area (Å²) >= 11 is 0. The summed E-state index contributed by atoms with van der Waals surface area (Å²) in [6.07, 6.45) is 6.86. The Labute approximate surface area is 98.0 Å². The third-order valence-corrected chi connectivity index (χ3v) is 3.33. The first-order chi connectivity index (χ1) is 7.88. The van der Waals surface area contributed by atoms with Gasteiger partial charge in [0.2, 0.25) is 0 Å². The van der Waals surface area contributed by atoms with Crippen molar-refractivity contribution in [3.05, 3.63) is 29.8 Å². The van der Waals surface area contributed by atoms with Gasteiger partial charge in [-0.2, -0.15) is 0 Å². The van der Waals surface area contributed by atoms with Gasteiger partial charge in [0.25, 0.3) is 0 Å². The Morgan fingerprint density at radius 2 is 2.06 bits per heavy atom. The van der Waals surface area contributed by atoms with Crippen LogP contribution >= 0.6 is 0 Å². The van der Waals surface area contributed by atoms with Gasteiger partial charge in [-0.05, 0) is 30.5 Å². The van der Waals surface area contributed by atoms with Crippen molar-refractivity contribution in [3.8, 4) is 5.75 Å². The molecule has 0 spiro atoms. The van der Waals surface area contributed by atoms with E-state index >= 15 is 0 Å². The van der Waals surface area contributed by atoms with Crippen LogP contribution in [0.3, 0.4) is 0 Å². The predicted octanol–water partition coefficient (Wildman–Crippen LogP) is 3.12. The van der Waals surface area contributed by atoms with Gasteiger partial charge in [-0.3, -0.25) is 0 Å². The molecule has 0 bridgehead atoms. The highest BCUT2D eigenvalue weighted by atomic mass is 16.5. The van der Waals surface area contributed by atoms with Crippen molar-refractivity contribution in [1.29, 1.82) is 0 Å². The zero-order valence-corrected chi connectivity index (χ0v) is 10.0. The van der Waals surface area contributed by atoms with Crippen molar-refractivity contribution in [2.75, 3.05) is 7.11 Å². The van der Waals surface area contributed by atoms with Crippen LogP contribution in [0.25, 0.3) is 0 Å². The Hall–Kier alpha value is -1.02. The number of hydrogen-bond donors (Lipinski definition) is 1. The van der Waals surface area contributed by atoms with E-state index in [1.807, 2.05) is 6.07 Å². The van der Waals surface area contributed by atoms with Crippen LogP contribution in [0, 0.1) is 0 Å². The molecule has 1 aliphatic rings. The number of nitrogens with one attached hydrogen (secondary N) is 1. The van der Waals surface area contributed by atoms with E-state index in [0.717, 1.165) is 18.3 Å². The molecule has 1 aromatic rings. The highest BCUT2D eigenvalue weighted by Gasteiger charge is 2.12. The third-order valence-electron chi connectivity index (χ3n) is 3.33. The van der Waals surface area contributed by atoms with E-state index in [9.17, 15) is 0 Å². The molecule has 0 unspecified atom stereocenters. The zero-order chi connectivity index (χ0) is 11.2. The number of ether oxygens (including phenoxy) is 1. The SMILES string of the molecule is COc1cccc(CNC2CCCCC2)c1. The highest BCUT2D eigenvalue weighted by Crippen LogP contribution is 2.18. The molecule has 2 nitrogen and oxygen atoms in total. The molecule has 0 aliphatic heterocycles. The van der Waals surface area contributed by atoms with Gasteiger partial charge in [-0.1, -0.05) is 31.4 Å². The quantitative estimate of drug-likeness (QED) is 0.840. The first-order valence-corrected chi connectivity index (χ1v) is 6.25. The molecular formula is C14H21NO. The zero-order valence-electron chi connectivity index (χ0n) is 10.0. The van der Waals surface area contributed by atoms with Crippen molar-refractivity contribution in [3.63, 3.8) is 0 Å². The Morgan fingerprint density at radius 3 is 2.81 bits per heavy atom. The average molecular weight is 219 g/mol. The van der Waals surface area contributed by atoms with Crippen LogP contribution in [0.5, 0.6) is 5.75 Å². The molecule has 1 N–H and O–H groups in total. The average Bonchev–Trinajstić information content (AvgIpc) is 2.38. The minimum absolute atomic E-state index is 0.722. The molecule has 1 saturated carbocycles. The normalized spacial score (nSPS) is 17.3. The van der Waals surface area contributed by atoms with Crippen LogP contribution in [-0.2, 0) is 6.54 Å². The van der Waals surface area contributed by atoms with Crippen LogP contribution in [0.4, 0.5) is 0 Å². The van der Waals surface area contributed by atoms with Gasteiger partial charge in [0.05, 0.1) is 7.11 Å². The van der Waals surface area contributed by atoms with Crippen LogP contribution in [0.15, 0.2) is 24.3 Å². The van der Waals surface area contributed by atoms with Crippen LogP contribution in [0.1, 0.15) is 37.7 Å². The fourth-order valence-electron chi connectivity index (χ4n) is 2.35. The second kappa shape index (κ2) is 5.90. The minimum Gasteiger partial charge on any atom is -0.497 e. The van der Waals surface area contributed by atoms with Gasteiger partial charge in [0.15, 0.2) is 0 Å². The maximum Gasteiger partial charge on any atom is 0.119 e. The number of rotatable bonds is 4. The Bertz CT molecular complexity index is 318. The third kappa shape index (κ3) is 3.24. The van der Waals surface area contributed by atoms with Gasteiger partial charge >= 0.3 is 0 Å². The van der Waals surface area contributed by atoms with E-state index in [-0.39, 0.29) is 0 Å². The molecule has 0 saturated heterocycles. The van der Waals surface area contributed by atoms with Crippen molar-refractivity contribution in [2.24, 2.45) is 0 Å². The lowest BCUT2D eigenvalue weighted by atomic mass is 9.95. The Balaban J connectivity index is 1.83. The molecule has 0 amide bonds. The van der Waals surface area contributed by atoms with Gasteiger partial charge in [-0.15, -0.1) is 0 Å². The standard InChI is InChI=1S/C14H21NO/c1-16-14-9-5-6-12(10-14)11-15-13-7-3-2-4-8-13/h5-6,9-10,13,15H,2-4,7-8,11H2,1H3. The fraction of sp³-hybridized carbons (Fsp3) is 0.571. The first-order valence-electron chi connectivity index (χ1n) is 6.25. The van der Waals surface area contributed by atoms with Crippen molar-refractivity contribution < 1.29 is 4.74 Å². The molecule has 0 atom stereocenters. The first kappa shape index (κ1) is 11.5. The van der Waals surface area contributed by atoms with E-state index in [1.165, 1.54) is 37.7 Å². The maximum atomic E-state index is 5.22. The molecule has 1 aromatic carbocycles. The highest BCUT2D eigenvalue weighted by molar-refractivity contribution is 5.28. The molecule has 1 fully saturated rings. The molecule has 0 heterocycles. The van der Waals surface area contributed by atoms with Crippen molar-refractivity contribution >= 4 is 0 Å². The minimum atomic E-state index is 0.722. The summed E-state index contributed by atoms with van der Waals surface area (Å²) < 4.78 is 5.22. The summed E-state index contributed by atoms with van der Waals surface area (Å²) in [5.74, 6) is 0.947. The van der Waals surface area contributed by atoms with Crippen molar-refractivity contribution in [2.45, 2.75) is 44.7 Å². The van der Waals surface area contributed by atoms with Crippen LogP contribution in [-0.4, -0.2) is 13.2 Å². The molecule has 0 aromatic heterocycles. The monoisotopic (exact) mass is 219 g/mol. The summed E-state index contributed by atoms with van der Waals surface area (Å²) in [6, 6.07) is 9.02. The number of hydrogen-bond acceptors (Lipinski definition) is 2. The van der Waals surface area contributed by atoms with Gasteiger partial charge in [0, 0.05) is 12.6 Å². The van der Waals surface area contributed by atoms with Crippen LogP contribution < -0.4 is 10.1 Å². The summed E-state index contributed by atoms with van der Waals surface area (Å²) in [5, 5.41) is 3.63. The number of methoxy groups -OCH3 is 1. The lowest BCUT2D eigenvalue weighted by molar-refractivity contribution is 0.371. The predicted molar refractivity (Wildman–Crippen MR) is 66.7 cm³/mol. The fourth-order valence-corrected chi connectivity index (χ4v) is 2.35. The largest absolute Gasteiger partial charge is 0.497 e. The summed E-state index contributed by atoms with van der Waals surface area (Å²) in [5.41, 5.74) is 1.31. The van der Waals surface area contributed by atoms with Gasteiger partial charge in [-0.25, -0.2) is 0 Å². The second-order valence-electron chi connectivity index (χ2n) is 4.57. The van der Waals surface area contributed by atoms with Crippen LogP contribution in [0.2, 0.25) is 0 Å². The number of benzene rings is 1. The summed E-state index contributed by atoms with van der Waals surface area (Å²) in [6.45, 7) is 0.960. The summed E-state index contributed by atoms with van der Waals surface area (Å²) in [7, 11) is 1.72. The molecule has 0 radical (unpaired) electrons. The van der Waals surface area contributed by atoms with E-state index in [4.69, 9.17) is 4.74 Å². The molecule has 2 rings (SSSR count). The lowest BCUT2D eigenvalue weighted by Gasteiger charge is -2.22. The van der Waals surface area contributed by atoms with E-state index in [1.54, 1.807) is 7.11 Å². The van der Waals surface area contributed by atoms with Crippen molar-refractivity contribution in [1.82, 2.24) is 5.32 Å². The van der Waals surface area contributed by atoms with E-state index in [0.29, 0.717) is 0 Å². The van der Waals surface area contributed by atoms with E-state index < -0.39 is 0 Å². The Kier molecular flexibility index (Phi) is 4.23. The molecule has 16 heavy (non-hydrogen) atoms. The molecular weight excluding hydrogens is 198 g/mol. The lowest BCUT2D eigenvalue weighted by Crippen LogP contribution is -2.30. The molecule has 2 heteroatoms. The smallest absolute Gasteiger partial charge is 0.119 e. The van der Waals surface area contributed by atoms with Gasteiger partial charge in [0.1, 0.15) is 5.75 Å². The van der Waals surface area contributed by atoms with E-state index in [2.05, 4.69) is 23.5 Å². The molecule has 1 aliphatic carbocycles. The topological polar surface area (TPSA) is 21.3 Å². The summed E-state index contributed by atoms with van der Waals surface area (Å²) in [4.78, 5) is 0. The molecule has 88 valence electrons. The Morgan fingerprint density at radius 1 is 1.25 bits per heavy atom.